The van der Waals surface area contributed by atoms with Gasteiger partial charge in [-0.15, -0.1) is 0 Å². The van der Waals surface area contributed by atoms with E-state index in [1.54, 1.807) is 6.92 Å². The normalized spacial score (nSPS) is 17.0. The molecule has 0 aromatic heterocycles. The van der Waals surface area contributed by atoms with Gasteiger partial charge in [0.15, 0.2) is 0 Å². The fourth-order valence-corrected chi connectivity index (χ4v) is 1.31. The molecule has 0 fully saturated rings. The van der Waals surface area contributed by atoms with E-state index in [-0.39, 0.29) is 11.3 Å². The van der Waals surface area contributed by atoms with Crippen molar-refractivity contribution in [3.05, 3.63) is 23.0 Å². The van der Waals surface area contributed by atoms with Gasteiger partial charge in [-0.1, -0.05) is 6.08 Å². The molecule has 0 aromatic carbocycles. The first-order chi connectivity index (χ1) is 6.52. The second kappa shape index (κ2) is 4.21. The van der Waals surface area contributed by atoms with Crippen LogP contribution in [0.5, 0.6) is 0 Å². The molecule has 14 heavy (non-hydrogen) atoms. The molecule has 0 unspecified atom stereocenters. The van der Waals surface area contributed by atoms with Gasteiger partial charge in [0.25, 0.3) is 0 Å². The summed E-state index contributed by atoms with van der Waals surface area (Å²) in [6.45, 7) is -1.39. The van der Waals surface area contributed by atoms with E-state index < -0.39 is 12.6 Å². The Kier molecular flexibility index (Phi) is 3.22. The fourth-order valence-electron chi connectivity index (χ4n) is 1.31. The van der Waals surface area contributed by atoms with E-state index in [9.17, 15) is 13.6 Å². The Morgan fingerprint density at radius 1 is 1.64 bits per heavy atom. The Morgan fingerprint density at radius 3 is 2.79 bits per heavy atom. The first-order valence-electron chi connectivity index (χ1n) is 4.10. The second-order valence-electron chi connectivity index (χ2n) is 2.95. The van der Waals surface area contributed by atoms with Gasteiger partial charge < -0.3 is 9.84 Å². The molecular formula is C9H10F2O3. The largest absolute Gasteiger partial charge is 0.478 e. The lowest BCUT2D eigenvalue weighted by Gasteiger charge is -2.17. The van der Waals surface area contributed by atoms with E-state index in [1.165, 1.54) is 6.08 Å². The molecule has 0 bridgehead atoms. The summed E-state index contributed by atoms with van der Waals surface area (Å²) in [7, 11) is 0. The lowest BCUT2D eigenvalue weighted by Crippen LogP contribution is -2.13. The zero-order chi connectivity index (χ0) is 10.7. The van der Waals surface area contributed by atoms with Gasteiger partial charge in [-0.05, 0) is 25.3 Å². The average molecular weight is 204 g/mol. The van der Waals surface area contributed by atoms with Gasteiger partial charge >= 0.3 is 12.6 Å². The zero-order valence-electron chi connectivity index (χ0n) is 7.59. The lowest BCUT2D eigenvalue weighted by atomic mass is 9.98. The van der Waals surface area contributed by atoms with Crippen molar-refractivity contribution >= 4 is 5.97 Å². The summed E-state index contributed by atoms with van der Waals surface area (Å²) in [4.78, 5) is 10.7. The van der Waals surface area contributed by atoms with Crippen LogP contribution in [0.25, 0.3) is 0 Å². The quantitative estimate of drug-likeness (QED) is 0.767. The molecule has 0 amide bonds. The van der Waals surface area contributed by atoms with Crippen molar-refractivity contribution in [3.8, 4) is 0 Å². The Morgan fingerprint density at radius 2 is 2.29 bits per heavy atom. The molecular weight excluding hydrogens is 194 g/mol. The van der Waals surface area contributed by atoms with E-state index >= 15 is 0 Å². The van der Waals surface area contributed by atoms with Crippen molar-refractivity contribution in [2.75, 3.05) is 0 Å². The standard InChI is InChI=1S/C9H10F2O3/c1-5-3-2-4-6(8(12)13)7(5)14-9(10)11/h4,9H,2-3H2,1H3,(H,12,13). The molecule has 5 heteroatoms. The average Bonchev–Trinajstić information content (AvgIpc) is 2.07. The molecule has 0 atom stereocenters. The van der Waals surface area contributed by atoms with Crippen molar-refractivity contribution in [1.82, 2.24) is 0 Å². The Hall–Kier alpha value is -1.39. The number of halogens is 2. The molecule has 0 spiro atoms. The minimum absolute atomic E-state index is 0.172. The topological polar surface area (TPSA) is 46.5 Å². The molecule has 0 saturated carbocycles. The number of hydrogen-bond acceptors (Lipinski definition) is 2. The highest BCUT2D eigenvalue weighted by molar-refractivity contribution is 5.91. The third-order valence-corrected chi connectivity index (χ3v) is 1.94. The summed E-state index contributed by atoms with van der Waals surface area (Å²) < 4.78 is 28.1. The van der Waals surface area contributed by atoms with Gasteiger partial charge in [0.2, 0.25) is 0 Å². The monoisotopic (exact) mass is 204 g/mol. The summed E-state index contributed by atoms with van der Waals surface area (Å²) in [6, 6.07) is 0. The zero-order valence-corrected chi connectivity index (χ0v) is 7.59. The highest BCUT2D eigenvalue weighted by Crippen LogP contribution is 2.27. The van der Waals surface area contributed by atoms with Gasteiger partial charge in [0.1, 0.15) is 5.76 Å². The molecule has 0 radical (unpaired) electrons. The predicted molar refractivity (Wildman–Crippen MR) is 44.7 cm³/mol. The van der Waals surface area contributed by atoms with Crippen LogP contribution in [0.15, 0.2) is 23.0 Å². The van der Waals surface area contributed by atoms with Crippen molar-refractivity contribution in [2.45, 2.75) is 26.4 Å². The van der Waals surface area contributed by atoms with Crippen molar-refractivity contribution in [3.63, 3.8) is 0 Å². The van der Waals surface area contributed by atoms with Crippen LogP contribution in [0.2, 0.25) is 0 Å². The molecule has 1 aliphatic carbocycles. The Balaban J connectivity index is 2.94. The van der Waals surface area contributed by atoms with Gasteiger partial charge in [0.05, 0.1) is 5.57 Å². The molecule has 0 aromatic rings. The fraction of sp³-hybridized carbons (Fsp3) is 0.444. The van der Waals surface area contributed by atoms with Gasteiger partial charge in [-0.2, -0.15) is 8.78 Å². The number of hydrogen-bond donors (Lipinski definition) is 1. The lowest BCUT2D eigenvalue weighted by molar-refractivity contribution is -0.134. The first-order valence-corrected chi connectivity index (χ1v) is 4.10. The van der Waals surface area contributed by atoms with Gasteiger partial charge in [0, 0.05) is 0 Å². The van der Waals surface area contributed by atoms with Crippen LogP contribution < -0.4 is 0 Å². The van der Waals surface area contributed by atoms with Crippen LogP contribution in [0.4, 0.5) is 8.78 Å². The summed E-state index contributed by atoms with van der Waals surface area (Å²) >= 11 is 0. The summed E-state index contributed by atoms with van der Waals surface area (Å²) in [5, 5.41) is 8.71. The number of carboxylic acid groups (broad SMARTS) is 1. The maximum Gasteiger partial charge on any atom is 0.387 e. The van der Waals surface area contributed by atoms with Crippen LogP contribution >= 0.6 is 0 Å². The predicted octanol–water partition coefficient (Wildman–Crippen LogP) is 2.30. The second-order valence-corrected chi connectivity index (χ2v) is 2.95. The maximum absolute atomic E-state index is 12.0. The molecule has 1 aliphatic rings. The summed E-state index contributed by atoms with van der Waals surface area (Å²) in [5.41, 5.74) is 0.374. The Bertz CT molecular complexity index is 305. The smallest absolute Gasteiger partial charge is 0.387 e. The molecule has 0 saturated heterocycles. The van der Waals surface area contributed by atoms with E-state index in [0.717, 1.165) is 0 Å². The van der Waals surface area contributed by atoms with Crippen molar-refractivity contribution in [1.29, 1.82) is 0 Å². The molecule has 0 heterocycles. The van der Waals surface area contributed by atoms with Crippen molar-refractivity contribution in [2.24, 2.45) is 0 Å². The summed E-state index contributed by atoms with van der Waals surface area (Å²) in [5.74, 6) is -1.43. The number of allylic oxidation sites excluding steroid dienone is 2. The van der Waals surface area contributed by atoms with E-state index in [2.05, 4.69) is 4.74 Å². The van der Waals surface area contributed by atoms with Crippen LogP contribution in [0.1, 0.15) is 19.8 Å². The highest BCUT2D eigenvalue weighted by atomic mass is 19.3. The number of carboxylic acids is 1. The van der Waals surface area contributed by atoms with Gasteiger partial charge in [-0.25, -0.2) is 4.79 Å². The third-order valence-electron chi connectivity index (χ3n) is 1.94. The Labute approximate surface area is 79.7 Å². The van der Waals surface area contributed by atoms with Crippen LogP contribution in [-0.2, 0) is 9.53 Å². The minimum atomic E-state index is -2.99. The van der Waals surface area contributed by atoms with E-state index in [1.807, 2.05) is 0 Å². The van der Waals surface area contributed by atoms with Crippen LogP contribution in [0.3, 0.4) is 0 Å². The number of carbonyl (C=O) groups is 1. The molecule has 1 N–H and O–H groups in total. The van der Waals surface area contributed by atoms with Crippen molar-refractivity contribution < 1.29 is 23.4 Å². The maximum atomic E-state index is 12.0. The number of alkyl halides is 2. The molecule has 0 aliphatic heterocycles. The number of ether oxygens (including phenoxy) is 1. The molecule has 3 nitrogen and oxygen atoms in total. The third kappa shape index (κ3) is 2.31. The highest BCUT2D eigenvalue weighted by Gasteiger charge is 2.23. The minimum Gasteiger partial charge on any atom is -0.478 e. The first kappa shape index (κ1) is 10.7. The van der Waals surface area contributed by atoms with Crippen LogP contribution in [-0.4, -0.2) is 17.7 Å². The molecule has 78 valence electrons. The van der Waals surface area contributed by atoms with E-state index in [4.69, 9.17) is 5.11 Å². The SMILES string of the molecule is CC1=C(OC(F)F)C(C(=O)O)=CCC1. The molecule has 1 rings (SSSR count). The van der Waals surface area contributed by atoms with E-state index in [0.29, 0.717) is 18.4 Å². The number of rotatable bonds is 3. The van der Waals surface area contributed by atoms with Gasteiger partial charge in [-0.3, -0.25) is 0 Å². The van der Waals surface area contributed by atoms with Crippen LogP contribution in [0, 0.1) is 0 Å². The number of aliphatic carboxylic acids is 1. The summed E-state index contributed by atoms with van der Waals surface area (Å²) in [6.07, 6.45) is 2.50.